The number of rotatable bonds is 8. The van der Waals surface area contributed by atoms with Crippen molar-refractivity contribution < 1.29 is 24.5 Å². The van der Waals surface area contributed by atoms with Gasteiger partial charge in [0.15, 0.2) is 0 Å². The third kappa shape index (κ3) is 5.17. The van der Waals surface area contributed by atoms with Gasteiger partial charge in [0.05, 0.1) is 38.8 Å². The van der Waals surface area contributed by atoms with Gasteiger partial charge in [-0.1, -0.05) is 12.1 Å². The highest BCUT2D eigenvalue weighted by molar-refractivity contribution is 5.88. The Balaban J connectivity index is 2.06. The van der Waals surface area contributed by atoms with E-state index in [1.807, 2.05) is 30.0 Å². The first-order valence-electron chi connectivity index (χ1n) is 8.64. The number of aliphatic hydroxyl groups is 2. The zero-order chi connectivity index (χ0) is 19.1. The molecule has 1 aliphatic heterocycles. The van der Waals surface area contributed by atoms with Gasteiger partial charge in [0.1, 0.15) is 5.75 Å². The molecule has 8 heteroatoms. The summed E-state index contributed by atoms with van der Waals surface area (Å²) in [6.07, 6.45) is -0.0303. The number of nitrogens with zero attached hydrogens (tertiary/aromatic N) is 1. The Bertz CT molecular complexity index is 633. The van der Waals surface area contributed by atoms with Gasteiger partial charge in [0.25, 0.3) is 0 Å². The van der Waals surface area contributed by atoms with Crippen LogP contribution in [0, 0.1) is 6.92 Å². The maximum atomic E-state index is 12.3. The second kappa shape index (κ2) is 9.51. The van der Waals surface area contributed by atoms with Crippen LogP contribution >= 0.6 is 0 Å². The number of carbonyl (C=O) groups is 2. The lowest BCUT2D eigenvalue weighted by atomic mass is 10.0. The molecule has 4 N–H and O–H groups in total. The number of amides is 2. The van der Waals surface area contributed by atoms with Crippen molar-refractivity contribution in [2.24, 2.45) is 0 Å². The predicted molar refractivity (Wildman–Crippen MR) is 95.7 cm³/mol. The van der Waals surface area contributed by atoms with Crippen LogP contribution in [0.3, 0.4) is 0 Å². The zero-order valence-corrected chi connectivity index (χ0v) is 15.2. The molecule has 0 bridgehead atoms. The van der Waals surface area contributed by atoms with Gasteiger partial charge < -0.3 is 25.6 Å². The molecule has 1 saturated heterocycles. The molecule has 1 fully saturated rings. The molecule has 0 spiro atoms. The lowest BCUT2D eigenvalue weighted by molar-refractivity contribution is -0.134. The lowest BCUT2D eigenvalue weighted by Crippen LogP contribution is -2.56. The number of aryl methyl sites for hydroxylation is 1. The molecule has 1 aromatic carbocycles. The maximum Gasteiger partial charge on any atom is 0.237 e. The summed E-state index contributed by atoms with van der Waals surface area (Å²) in [5.41, 5.74) is 2.04. The number of aliphatic hydroxyl groups excluding tert-OH is 2. The molecule has 1 aliphatic rings. The molecule has 1 heterocycles. The van der Waals surface area contributed by atoms with E-state index < -0.39 is 12.1 Å². The highest BCUT2D eigenvalue weighted by Crippen LogP contribution is 2.21. The van der Waals surface area contributed by atoms with Crippen molar-refractivity contribution in [3.63, 3.8) is 0 Å². The number of ether oxygens (including phenoxy) is 1. The van der Waals surface area contributed by atoms with Gasteiger partial charge in [-0.15, -0.1) is 0 Å². The number of methoxy groups -OCH3 is 1. The molecule has 144 valence electrons. The summed E-state index contributed by atoms with van der Waals surface area (Å²) in [7, 11) is 1.62. The van der Waals surface area contributed by atoms with E-state index in [0.717, 1.165) is 16.9 Å². The first kappa shape index (κ1) is 20.2. The van der Waals surface area contributed by atoms with Crippen molar-refractivity contribution in [3.05, 3.63) is 29.3 Å². The normalized spacial score (nSPS) is 17.9. The van der Waals surface area contributed by atoms with Crippen LogP contribution in [0.25, 0.3) is 0 Å². The third-order valence-electron chi connectivity index (χ3n) is 4.47. The Hall–Kier alpha value is -2.16. The molecule has 0 aliphatic carbocycles. The average molecular weight is 365 g/mol. The smallest absolute Gasteiger partial charge is 0.237 e. The Labute approximate surface area is 153 Å². The molecule has 2 amide bonds. The van der Waals surface area contributed by atoms with Gasteiger partial charge >= 0.3 is 0 Å². The molecular formula is C18H27N3O5. The van der Waals surface area contributed by atoms with E-state index in [0.29, 0.717) is 19.6 Å². The van der Waals surface area contributed by atoms with Gasteiger partial charge in [0.2, 0.25) is 11.8 Å². The standard InChI is InChI=1S/C18H27N3O5/c1-12-7-13(3-4-16(12)26-2)9-21-6-5-19-18(25)15(21)8-17(24)20-14(10-22)11-23/h3-4,7,14-15,22-23H,5-6,8-11H2,1-2H3,(H,19,25)(H,20,24)/t15-/m1/s1. The van der Waals surface area contributed by atoms with Gasteiger partial charge in [-0.3, -0.25) is 14.5 Å². The summed E-state index contributed by atoms with van der Waals surface area (Å²) in [5, 5.41) is 23.5. The Kier molecular flexibility index (Phi) is 7.38. The SMILES string of the molecule is COc1ccc(CN2CCNC(=O)[C@H]2CC(=O)NC(CO)CO)cc1C. The van der Waals surface area contributed by atoms with E-state index in [-0.39, 0.29) is 31.4 Å². The fraction of sp³-hybridized carbons (Fsp3) is 0.556. The van der Waals surface area contributed by atoms with Gasteiger partial charge in [-0.05, 0) is 24.1 Å². The second-order valence-corrected chi connectivity index (χ2v) is 6.41. The van der Waals surface area contributed by atoms with Crippen LogP contribution < -0.4 is 15.4 Å². The fourth-order valence-electron chi connectivity index (χ4n) is 3.06. The van der Waals surface area contributed by atoms with Gasteiger partial charge in [-0.25, -0.2) is 0 Å². The van der Waals surface area contributed by atoms with Crippen molar-refractivity contribution >= 4 is 11.8 Å². The summed E-state index contributed by atoms with van der Waals surface area (Å²) < 4.78 is 5.27. The van der Waals surface area contributed by atoms with Crippen molar-refractivity contribution in [3.8, 4) is 5.75 Å². The van der Waals surface area contributed by atoms with Crippen LogP contribution in [-0.2, 0) is 16.1 Å². The Morgan fingerprint density at radius 1 is 1.42 bits per heavy atom. The van der Waals surface area contributed by atoms with E-state index in [4.69, 9.17) is 14.9 Å². The van der Waals surface area contributed by atoms with E-state index >= 15 is 0 Å². The molecule has 0 unspecified atom stereocenters. The summed E-state index contributed by atoms with van der Waals surface area (Å²) in [6, 6.07) is 4.54. The van der Waals surface area contributed by atoms with Crippen molar-refractivity contribution in [1.82, 2.24) is 15.5 Å². The topological polar surface area (TPSA) is 111 Å². The largest absolute Gasteiger partial charge is 0.496 e. The summed E-state index contributed by atoms with van der Waals surface area (Å²) in [4.78, 5) is 26.4. The van der Waals surface area contributed by atoms with Crippen LogP contribution in [0.5, 0.6) is 5.75 Å². The average Bonchev–Trinajstić information content (AvgIpc) is 2.62. The minimum absolute atomic E-state index is 0.0303. The van der Waals surface area contributed by atoms with Gasteiger partial charge in [-0.2, -0.15) is 0 Å². The molecule has 8 nitrogen and oxygen atoms in total. The van der Waals surface area contributed by atoms with Crippen LogP contribution in [0.2, 0.25) is 0 Å². The van der Waals surface area contributed by atoms with Crippen LogP contribution in [-0.4, -0.2) is 72.4 Å². The summed E-state index contributed by atoms with van der Waals surface area (Å²) in [5.74, 6) is 0.234. The minimum atomic E-state index is -0.716. The number of benzene rings is 1. The number of hydrogen-bond donors (Lipinski definition) is 4. The van der Waals surface area contributed by atoms with E-state index in [9.17, 15) is 9.59 Å². The molecule has 0 aromatic heterocycles. The summed E-state index contributed by atoms with van der Waals surface area (Å²) >= 11 is 0. The first-order valence-corrected chi connectivity index (χ1v) is 8.64. The molecule has 0 saturated carbocycles. The molecular weight excluding hydrogens is 338 g/mol. The van der Waals surface area contributed by atoms with Crippen LogP contribution in [0.4, 0.5) is 0 Å². The fourth-order valence-corrected chi connectivity index (χ4v) is 3.06. The van der Waals surface area contributed by atoms with E-state index in [2.05, 4.69) is 10.6 Å². The van der Waals surface area contributed by atoms with E-state index in [1.54, 1.807) is 7.11 Å². The zero-order valence-electron chi connectivity index (χ0n) is 15.2. The molecule has 1 atom stereocenters. The molecule has 26 heavy (non-hydrogen) atoms. The second-order valence-electron chi connectivity index (χ2n) is 6.41. The first-order chi connectivity index (χ1) is 12.5. The maximum absolute atomic E-state index is 12.3. The monoisotopic (exact) mass is 365 g/mol. The number of nitrogens with one attached hydrogen (secondary N) is 2. The van der Waals surface area contributed by atoms with E-state index in [1.165, 1.54) is 0 Å². The number of hydrogen-bond acceptors (Lipinski definition) is 6. The number of piperazine rings is 1. The van der Waals surface area contributed by atoms with Crippen LogP contribution in [0.15, 0.2) is 18.2 Å². The Morgan fingerprint density at radius 3 is 2.77 bits per heavy atom. The minimum Gasteiger partial charge on any atom is -0.496 e. The highest BCUT2D eigenvalue weighted by Gasteiger charge is 2.32. The molecule has 2 rings (SSSR count). The van der Waals surface area contributed by atoms with Crippen molar-refractivity contribution in [2.45, 2.75) is 32.0 Å². The van der Waals surface area contributed by atoms with Crippen LogP contribution in [0.1, 0.15) is 17.5 Å². The van der Waals surface area contributed by atoms with Crippen molar-refractivity contribution in [1.29, 1.82) is 0 Å². The molecule has 0 radical (unpaired) electrons. The molecule has 1 aromatic rings. The lowest BCUT2D eigenvalue weighted by Gasteiger charge is -2.35. The predicted octanol–water partition coefficient (Wildman–Crippen LogP) is -0.836. The quantitative estimate of drug-likeness (QED) is 0.478. The van der Waals surface area contributed by atoms with Gasteiger partial charge in [0, 0.05) is 19.6 Å². The number of carbonyl (C=O) groups excluding carboxylic acids is 2. The Morgan fingerprint density at radius 2 is 2.15 bits per heavy atom. The van der Waals surface area contributed by atoms with Crippen molar-refractivity contribution in [2.75, 3.05) is 33.4 Å². The third-order valence-corrected chi connectivity index (χ3v) is 4.47. The summed E-state index contributed by atoms with van der Waals surface area (Å²) in [6.45, 7) is 2.96. The highest BCUT2D eigenvalue weighted by atomic mass is 16.5.